The van der Waals surface area contributed by atoms with E-state index >= 15 is 0 Å². The van der Waals surface area contributed by atoms with Gasteiger partial charge in [0.1, 0.15) is 13.2 Å². The number of quaternary nitrogens is 1. The van der Waals surface area contributed by atoms with Gasteiger partial charge in [-0.3, -0.25) is 5.32 Å². The number of nitrogens with zero attached hydrogens (tertiary/aromatic N) is 1. The Morgan fingerprint density at radius 3 is 2.61 bits per heavy atom. The maximum atomic E-state index is 12.9. The van der Waals surface area contributed by atoms with Crippen LogP contribution in [-0.4, -0.2) is 38.3 Å². The fourth-order valence-electron chi connectivity index (χ4n) is 2.62. The number of hydrogen-bond donors (Lipinski definition) is 3. The lowest BCUT2D eigenvalue weighted by atomic mass is 10.1. The maximum absolute atomic E-state index is 12.9. The molecule has 0 aliphatic heterocycles. The van der Waals surface area contributed by atoms with Crippen LogP contribution in [0.2, 0.25) is 0 Å². The average molecular weight is 451 g/mol. The van der Waals surface area contributed by atoms with Gasteiger partial charge in [0.25, 0.3) is 0 Å². The summed E-state index contributed by atoms with van der Waals surface area (Å²) in [5.74, 6) is 0. The van der Waals surface area contributed by atoms with Crippen molar-refractivity contribution in [1.29, 1.82) is 0 Å². The van der Waals surface area contributed by atoms with Gasteiger partial charge in [-0.05, 0) is 30.3 Å². The summed E-state index contributed by atoms with van der Waals surface area (Å²) in [5, 5.41) is 7.82. The largest absolute Gasteiger partial charge is 0.443 e. The molecular formula is C21H22F3N4O2S+. The van der Waals surface area contributed by atoms with Crippen molar-refractivity contribution in [3.8, 4) is 11.3 Å². The van der Waals surface area contributed by atoms with Gasteiger partial charge in [-0.1, -0.05) is 18.2 Å². The molecule has 0 saturated heterocycles. The molecule has 1 aromatic heterocycles. The van der Waals surface area contributed by atoms with Crippen molar-refractivity contribution < 1.29 is 27.6 Å². The van der Waals surface area contributed by atoms with Crippen LogP contribution in [0.1, 0.15) is 5.56 Å². The summed E-state index contributed by atoms with van der Waals surface area (Å²) in [7, 11) is 3.93. The van der Waals surface area contributed by atoms with Crippen molar-refractivity contribution in [2.75, 3.05) is 37.9 Å². The molecule has 0 fully saturated rings. The Balaban J connectivity index is 1.66. The smallest absolute Gasteiger partial charge is 0.416 e. The first-order chi connectivity index (χ1) is 14.7. The quantitative estimate of drug-likeness (QED) is 0.502. The van der Waals surface area contributed by atoms with Crippen LogP contribution in [0.15, 0.2) is 53.9 Å². The van der Waals surface area contributed by atoms with E-state index in [1.54, 1.807) is 29.6 Å². The van der Waals surface area contributed by atoms with Gasteiger partial charge >= 0.3 is 12.3 Å². The van der Waals surface area contributed by atoms with E-state index in [4.69, 9.17) is 4.74 Å². The number of benzene rings is 2. The normalized spacial score (nSPS) is 11.4. The van der Waals surface area contributed by atoms with Gasteiger partial charge in [-0.15, -0.1) is 11.3 Å². The molecule has 6 nitrogen and oxygen atoms in total. The molecule has 0 aliphatic rings. The van der Waals surface area contributed by atoms with Crippen LogP contribution in [0.25, 0.3) is 11.3 Å². The third-order valence-corrected chi connectivity index (χ3v) is 4.94. The number of likely N-dealkylation sites (N-methyl/N-ethyl adjacent to an activating group) is 1. The Hall–Kier alpha value is -3.11. The summed E-state index contributed by atoms with van der Waals surface area (Å²) in [6.07, 6.45) is -4.95. The van der Waals surface area contributed by atoms with Crippen LogP contribution in [-0.2, 0) is 10.9 Å². The second kappa shape index (κ2) is 9.80. The molecule has 1 heterocycles. The van der Waals surface area contributed by atoms with Crippen LogP contribution >= 0.6 is 11.3 Å². The number of carbonyl (C=O) groups excluding carboxylic acids is 1. The number of anilines is 3. The lowest BCUT2D eigenvalue weighted by molar-refractivity contribution is -0.858. The molecule has 3 rings (SSSR count). The highest BCUT2D eigenvalue weighted by molar-refractivity contribution is 7.14. The number of alkyl halides is 3. The number of aromatic nitrogens is 1. The number of hydrogen-bond acceptors (Lipinski definition) is 5. The predicted octanol–water partition coefficient (Wildman–Crippen LogP) is 4.27. The zero-order valence-electron chi connectivity index (χ0n) is 16.9. The first-order valence-electron chi connectivity index (χ1n) is 9.44. The average Bonchev–Trinajstić information content (AvgIpc) is 3.16. The Morgan fingerprint density at radius 1 is 1.13 bits per heavy atom. The Kier molecular flexibility index (Phi) is 7.13. The van der Waals surface area contributed by atoms with Crippen LogP contribution in [0.4, 0.5) is 34.5 Å². The van der Waals surface area contributed by atoms with E-state index in [1.165, 1.54) is 22.3 Å². The Bertz CT molecular complexity index is 1040. The minimum Gasteiger partial charge on any atom is -0.443 e. The summed E-state index contributed by atoms with van der Waals surface area (Å²) in [5.41, 5.74) is 1.51. The van der Waals surface area contributed by atoms with Crippen LogP contribution in [0.3, 0.4) is 0 Å². The zero-order valence-corrected chi connectivity index (χ0v) is 17.7. The lowest BCUT2D eigenvalue weighted by Crippen LogP contribution is -3.06. The van der Waals surface area contributed by atoms with E-state index in [2.05, 4.69) is 15.6 Å². The van der Waals surface area contributed by atoms with Gasteiger partial charge in [0.05, 0.1) is 25.4 Å². The number of amides is 1. The number of carbonyl (C=O) groups is 1. The molecule has 1 amide bonds. The number of halogens is 3. The van der Waals surface area contributed by atoms with E-state index in [1.807, 2.05) is 20.2 Å². The Morgan fingerprint density at radius 2 is 1.87 bits per heavy atom. The SMILES string of the molecule is C[NH+](C)CCOC(=O)Nc1cccc(-c2csc(Nc3cccc(C(F)(F)F)c3)n2)c1. The van der Waals surface area contributed by atoms with Gasteiger partial charge in [0, 0.05) is 22.3 Å². The minimum absolute atomic E-state index is 0.299. The molecule has 2 aromatic carbocycles. The van der Waals surface area contributed by atoms with Crippen LogP contribution < -0.4 is 15.5 Å². The highest BCUT2D eigenvalue weighted by atomic mass is 32.1. The first-order valence-corrected chi connectivity index (χ1v) is 10.3. The van der Waals surface area contributed by atoms with E-state index in [0.29, 0.717) is 35.4 Å². The first kappa shape index (κ1) is 22.6. The van der Waals surface area contributed by atoms with E-state index < -0.39 is 17.8 Å². The maximum Gasteiger partial charge on any atom is 0.416 e. The second-order valence-electron chi connectivity index (χ2n) is 7.04. The molecule has 31 heavy (non-hydrogen) atoms. The van der Waals surface area contributed by atoms with Crippen molar-refractivity contribution in [2.24, 2.45) is 0 Å². The standard InChI is InChI=1S/C21H21F3N4O2S/c1-28(2)9-10-30-20(29)26-16-7-3-5-14(11-16)18-13-31-19(27-18)25-17-8-4-6-15(12-17)21(22,23)24/h3-8,11-13H,9-10H2,1-2H3,(H,25,27)(H,26,29)/p+1. The summed E-state index contributed by atoms with van der Waals surface area (Å²) >= 11 is 1.27. The van der Waals surface area contributed by atoms with Crippen LogP contribution in [0.5, 0.6) is 0 Å². The van der Waals surface area contributed by atoms with E-state index in [-0.39, 0.29) is 0 Å². The minimum atomic E-state index is -4.41. The van der Waals surface area contributed by atoms with Crippen molar-refractivity contribution in [2.45, 2.75) is 6.18 Å². The Labute approximate surface area is 181 Å². The van der Waals surface area contributed by atoms with Gasteiger partial charge in [0.15, 0.2) is 5.13 Å². The fourth-order valence-corrected chi connectivity index (χ4v) is 3.36. The van der Waals surface area contributed by atoms with Crippen LogP contribution in [0, 0.1) is 0 Å². The highest BCUT2D eigenvalue weighted by Crippen LogP contribution is 2.33. The molecule has 0 radical (unpaired) electrons. The molecule has 0 spiro atoms. The number of nitrogens with one attached hydrogen (secondary N) is 3. The highest BCUT2D eigenvalue weighted by Gasteiger charge is 2.30. The molecular weight excluding hydrogens is 429 g/mol. The third kappa shape index (κ3) is 6.69. The summed E-state index contributed by atoms with van der Waals surface area (Å²) in [6.45, 7) is 1.01. The molecule has 0 bridgehead atoms. The van der Waals surface area contributed by atoms with Crippen molar-refractivity contribution in [3.63, 3.8) is 0 Å². The number of rotatable bonds is 7. The molecule has 3 aromatic rings. The molecule has 3 N–H and O–H groups in total. The second-order valence-corrected chi connectivity index (χ2v) is 7.90. The van der Waals surface area contributed by atoms with E-state index in [0.717, 1.165) is 17.7 Å². The number of thiazole rings is 1. The van der Waals surface area contributed by atoms with Gasteiger partial charge in [0.2, 0.25) is 0 Å². The van der Waals surface area contributed by atoms with Crippen molar-refractivity contribution >= 4 is 33.9 Å². The van der Waals surface area contributed by atoms with Gasteiger partial charge in [-0.2, -0.15) is 13.2 Å². The lowest BCUT2D eigenvalue weighted by Gasteiger charge is -2.10. The molecule has 0 atom stereocenters. The predicted molar refractivity (Wildman–Crippen MR) is 115 cm³/mol. The van der Waals surface area contributed by atoms with E-state index in [9.17, 15) is 18.0 Å². The summed E-state index contributed by atoms with van der Waals surface area (Å²) in [6, 6.07) is 12.0. The molecule has 10 heteroatoms. The molecule has 0 saturated carbocycles. The van der Waals surface area contributed by atoms with Gasteiger partial charge < -0.3 is 15.0 Å². The third-order valence-electron chi connectivity index (χ3n) is 4.19. The zero-order chi connectivity index (χ0) is 22.4. The van der Waals surface area contributed by atoms with Crippen molar-refractivity contribution in [1.82, 2.24) is 4.98 Å². The van der Waals surface area contributed by atoms with Crippen molar-refractivity contribution in [3.05, 3.63) is 59.5 Å². The topological polar surface area (TPSA) is 67.7 Å². The number of ether oxygens (including phenoxy) is 1. The molecule has 0 unspecified atom stereocenters. The summed E-state index contributed by atoms with van der Waals surface area (Å²) < 4.78 is 43.8. The fraction of sp³-hybridized carbons (Fsp3) is 0.238. The van der Waals surface area contributed by atoms with Gasteiger partial charge in [-0.25, -0.2) is 9.78 Å². The molecule has 0 aliphatic carbocycles. The molecule has 164 valence electrons. The summed E-state index contributed by atoms with van der Waals surface area (Å²) in [4.78, 5) is 17.5. The monoisotopic (exact) mass is 451 g/mol.